The first-order chi connectivity index (χ1) is 14.1. The molecule has 3 heterocycles. The number of hydrogen-bond acceptors (Lipinski definition) is 5. The Hall–Kier alpha value is -2.99. The van der Waals surface area contributed by atoms with Crippen LogP contribution in [0.1, 0.15) is 22.9 Å². The fraction of sp³-hybridized carbons (Fsp3) is 0.348. The zero-order chi connectivity index (χ0) is 20.1. The van der Waals surface area contributed by atoms with Crippen LogP contribution in [0.3, 0.4) is 0 Å². The number of fused-ring (bicyclic) bond motifs is 3. The van der Waals surface area contributed by atoms with E-state index >= 15 is 0 Å². The molecule has 0 saturated carbocycles. The van der Waals surface area contributed by atoms with E-state index in [1.54, 1.807) is 7.11 Å². The third kappa shape index (κ3) is 2.78. The second kappa shape index (κ2) is 6.81. The van der Waals surface area contributed by atoms with E-state index in [1.807, 2.05) is 6.07 Å². The number of hydrogen-bond donors (Lipinski definition) is 1. The predicted molar refractivity (Wildman–Crippen MR) is 111 cm³/mol. The van der Waals surface area contributed by atoms with Crippen LogP contribution in [0, 0.1) is 0 Å². The molecule has 1 atom stereocenters. The monoisotopic (exact) mass is 392 g/mol. The summed E-state index contributed by atoms with van der Waals surface area (Å²) < 4.78 is 19.4. The summed E-state index contributed by atoms with van der Waals surface area (Å²) in [7, 11) is 5.98. The smallest absolute Gasteiger partial charge is 0.231 e. The van der Waals surface area contributed by atoms with Crippen LogP contribution in [0.4, 0.5) is 5.69 Å². The van der Waals surface area contributed by atoms with Crippen molar-refractivity contribution in [1.29, 1.82) is 0 Å². The minimum absolute atomic E-state index is 0.162. The molecule has 2 aliphatic heterocycles. The van der Waals surface area contributed by atoms with Gasteiger partial charge in [-0.2, -0.15) is 4.57 Å². The van der Waals surface area contributed by atoms with Crippen LogP contribution in [0.2, 0.25) is 0 Å². The van der Waals surface area contributed by atoms with E-state index in [4.69, 9.17) is 19.9 Å². The Balaban J connectivity index is 1.64. The number of nitrogens with two attached hydrogens (primary N) is 1. The van der Waals surface area contributed by atoms with Gasteiger partial charge in [0.25, 0.3) is 0 Å². The Labute approximate surface area is 170 Å². The molecule has 150 valence electrons. The van der Waals surface area contributed by atoms with Crippen molar-refractivity contribution < 1.29 is 18.8 Å². The summed E-state index contributed by atoms with van der Waals surface area (Å²) in [6.45, 7) is 1.22. The van der Waals surface area contributed by atoms with Crippen molar-refractivity contribution in [2.45, 2.75) is 18.9 Å². The van der Waals surface area contributed by atoms with Crippen molar-refractivity contribution >= 4 is 16.6 Å². The van der Waals surface area contributed by atoms with Crippen molar-refractivity contribution in [3.8, 4) is 17.2 Å². The number of rotatable bonds is 3. The molecule has 29 heavy (non-hydrogen) atoms. The summed E-state index contributed by atoms with van der Waals surface area (Å²) in [6.07, 6.45) is 1.78. The largest absolute Gasteiger partial charge is 0.492 e. The van der Waals surface area contributed by atoms with Gasteiger partial charge >= 0.3 is 0 Å². The summed E-state index contributed by atoms with van der Waals surface area (Å²) in [5, 5.41) is 1.08. The highest BCUT2D eigenvalue weighted by atomic mass is 16.7. The Morgan fingerprint density at radius 1 is 1.24 bits per heavy atom. The Morgan fingerprint density at radius 2 is 2.07 bits per heavy atom. The van der Waals surface area contributed by atoms with Crippen LogP contribution in [-0.4, -0.2) is 32.4 Å². The highest BCUT2D eigenvalue weighted by molar-refractivity contribution is 5.87. The van der Waals surface area contributed by atoms with Gasteiger partial charge < -0.3 is 19.9 Å². The van der Waals surface area contributed by atoms with Gasteiger partial charge in [0.1, 0.15) is 7.05 Å². The van der Waals surface area contributed by atoms with E-state index in [0.717, 1.165) is 47.5 Å². The van der Waals surface area contributed by atoms with Crippen molar-refractivity contribution in [3.63, 3.8) is 0 Å². The summed E-state index contributed by atoms with van der Waals surface area (Å²) in [4.78, 5) is 2.39. The highest BCUT2D eigenvalue weighted by Crippen LogP contribution is 2.49. The highest BCUT2D eigenvalue weighted by Gasteiger charge is 2.35. The van der Waals surface area contributed by atoms with Crippen molar-refractivity contribution in [3.05, 3.63) is 53.2 Å². The zero-order valence-corrected chi connectivity index (χ0v) is 17.1. The molecule has 6 nitrogen and oxygen atoms in total. The third-order valence-corrected chi connectivity index (χ3v) is 6.28. The molecule has 0 aliphatic carbocycles. The van der Waals surface area contributed by atoms with Crippen LogP contribution >= 0.6 is 0 Å². The molecular weight excluding hydrogens is 366 g/mol. The van der Waals surface area contributed by atoms with E-state index < -0.39 is 0 Å². The fourth-order valence-electron chi connectivity index (χ4n) is 4.70. The van der Waals surface area contributed by atoms with Gasteiger partial charge in [-0.05, 0) is 31.2 Å². The molecule has 2 N–H and O–H groups in total. The lowest BCUT2D eigenvalue weighted by atomic mass is 9.88. The van der Waals surface area contributed by atoms with Gasteiger partial charge in [0.2, 0.25) is 18.1 Å². The lowest BCUT2D eigenvalue weighted by molar-refractivity contribution is -0.653. The van der Waals surface area contributed by atoms with Crippen LogP contribution in [0.5, 0.6) is 17.2 Å². The number of ether oxygens (including phenoxy) is 3. The fourth-order valence-corrected chi connectivity index (χ4v) is 4.70. The number of aryl methyl sites for hydroxylation is 1. The van der Waals surface area contributed by atoms with Crippen molar-refractivity contribution in [2.75, 3.05) is 33.2 Å². The number of nitrogen functional groups attached to an aromatic ring is 1. The van der Waals surface area contributed by atoms with Crippen LogP contribution < -0.4 is 24.5 Å². The van der Waals surface area contributed by atoms with Crippen molar-refractivity contribution in [1.82, 2.24) is 4.90 Å². The first kappa shape index (κ1) is 18.1. The minimum Gasteiger partial charge on any atom is -0.492 e. The van der Waals surface area contributed by atoms with Crippen molar-refractivity contribution in [2.24, 2.45) is 7.05 Å². The zero-order valence-electron chi connectivity index (χ0n) is 17.1. The normalized spacial score (nSPS) is 18.1. The van der Waals surface area contributed by atoms with E-state index in [2.05, 4.69) is 53.9 Å². The standard InChI is InChI=1S/C23H25N3O3/c1-25-9-8-14-10-20-22(29-13-28-20)23(27-3)21(14)19(25)12-15-11-17(24)16-6-4-5-7-18(16)26(15)2/h4-7,10-11,19,24H,8-9,12-13H2,1-3H3/p+1/t19-/m1/s1. The SMILES string of the molecule is COc1c2c(cc3c1[C@@H](Cc1cc(N)c4ccccc4[n+]1C)N(C)CC3)OCO2. The second-order valence-electron chi connectivity index (χ2n) is 7.83. The lowest BCUT2D eigenvalue weighted by Gasteiger charge is -2.35. The number of likely N-dealkylation sites (N-methyl/N-ethyl adjacent to an activating group) is 1. The topological polar surface area (TPSA) is 60.8 Å². The summed E-state index contributed by atoms with van der Waals surface area (Å²) in [5.74, 6) is 2.29. The molecule has 0 bridgehead atoms. The Bertz CT molecular complexity index is 1110. The van der Waals surface area contributed by atoms with Gasteiger partial charge in [-0.3, -0.25) is 4.90 Å². The van der Waals surface area contributed by atoms with Gasteiger partial charge in [0.05, 0.1) is 24.6 Å². The molecule has 1 aromatic heterocycles. The minimum atomic E-state index is 0.162. The average Bonchev–Trinajstić information content (AvgIpc) is 3.20. The Morgan fingerprint density at radius 3 is 2.90 bits per heavy atom. The maximum atomic E-state index is 6.40. The number of nitrogens with zero attached hydrogens (tertiary/aromatic N) is 2. The first-order valence-electron chi connectivity index (χ1n) is 9.94. The molecule has 0 spiro atoms. The van der Waals surface area contributed by atoms with Gasteiger partial charge in [-0.25, -0.2) is 0 Å². The third-order valence-electron chi connectivity index (χ3n) is 6.28. The van der Waals surface area contributed by atoms with Crippen LogP contribution in [-0.2, 0) is 19.9 Å². The van der Waals surface area contributed by atoms with Gasteiger partial charge in [-0.15, -0.1) is 0 Å². The summed E-state index contributed by atoms with van der Waals surface area (Å²) in [6, 6.07) is 12.6. The number of aromatic nitrogens is 1. The first-order valence-corrected chi connectivity index (χ1v) is 9.94. The maximum absolute atomic E-state index is 6.40. The molecule has 0 unspecified atom stereocenters. The average molecular weight is 392 g/mol. The molecule has 5 rings (SSSR count). The van der Waals surface area contributed by atoms with E-state index in [9.17, 15) is 0 Å². The molecule has 0 saturated heterocycles. The van der Waals surface area contributed by atoms with Gasteiger partial charge in [0.15, 0.2) is 17.2 Å². The number of methoxy groups -OCH3 is 1. The predicted octanol–water partition coefficient (Wildman–Crippen LogP) is 2.76. The van der Waals surface area contributed by atoms with Gasteiger partial charge in [0, 0.05) is 30.3 Å². The molecule has 2 aliphatic rings. The van der Waals surface area contributed by atoms with Crippen LogP contribution in [0.25, 0.3) is 10.9 Å². The molecule has 0 radical (unpaired) electrons. The van der Waals surface area contributed by atoms with E-state index in [-0.39, 0.29) is 12.8 Å². The number of anilines is 1. The number of para-hydroxylation sites is 1. The van der Waals surface area contributed by atoms with E-state index in [1.165, 1.54) is 16.8 Å². The summed E-state index contributed by atoms with van der Waals surface area (Å²) >= 11 is 0. The number of pyridine rings is 1. The number of benzene rings is 2. The molecule has 6 heteroatoms. The maximum Gasteiger partial charge on any atom is 0.231 e. The van der Waals surface area contributed by atoms with Gasteiger partial charge in [-0.1, -0.05) is 12.1 Å². The molecule has 3 aromatic rings. The quantitative estimate of drug-likeness (QED) is 0.695. The molecule has 2 aromatic carbocycles. The van der Waals surface area contributed by atoms with E-state index in [0.29, 0.717) is 5.75 Å². The summed E-state index contributed by atoms with van der Waals surface area (Å²) in [5.41, 5.74) is 12.0. The Kier molecular flexibility index (Phi) is 4.24. The molecular formula is C23H26N3O3+. The molecule has 0 fully saturated rings. The molecule has 0 amide bonds. The van der Waals surface area contributed by atoms with Crippen LogP contribution in [0.15, 0.2) is 36.4 Å². The second-order valence-corrected chi connectivity index (χ2v) is 7.83. The lowest BCUT2D eigenvalue weighted by Crippen LogP contribution is -2.40.